The third kappa shape index (κ3) is 2.81. The van der Waals surface area contributed by atoms with Crippen molar-refractivity contribution in [3.63, 3.8) is 0 Å². The highest BCUT2D eigenvalue weighted by Gasteiger charge is 2.14. The summed E-state index contributed by atoms with van der Waals surface area (Å²) in [6.07, 6.45) is 0. The molecule has 0 heterocycles. The second kappa shape index (κ2) is 5.67. The number of methoxy groups -OCH3 is 1. The summed E-state index contributed by atoms with van der Waals surface area (Å²) in [4.78, 5) is 0. The fourth-order valence-corrected chi connectivity index (χ4v) is 2.33. The highest BCUT2D eigenvalue weighted by Crippen LogP contribution is 2.26. The van der Waals surface area contributed by atoms with Crippen LogP contribution in [0.4, 0.5) is 4.39 Å². The summed E-state index contributed by atoms with van der Waals surface area (Å²) in [6.45, 7) is 0. The molecular weight excluding hydrogens is 344 g/mol. The van der Waals surface area contributed by atoms with E-state index in [2.05, 4.69) is 22.6 Å². The van der Waals surface area contributed by atoms with Crippen LogP contribution in [0.15, 0.2) is 42.5 Å². The molecule has 0 aliphatic rings. The van der Waals surface area contributed by atoms with Crippen LogP contribution in [0.3, 0.4) is 0 Å². The highest BCUT2D eigenvalue weighted by molar-refractivity contribution is 14.1. The highest BCUT2D eigenvalue weighted by atomic mass is 127. The fourth-order valence-electron chi connectivity index (χ4n) is 1.77. The number of rotatable bonds is 3. The van der Waals surface area contributed by atoms with Gasteiger partial charge in [0.15, 0.2) is 0 Å². The number of nitrogens with two attached hydrogens (primary N) is 1. The number of hydrogen-bond donors (Lipinski definition) is 1. The minimum atomic E-state index is -0.467. The summed E-state index contributed by atoms with van der Waals surface area (Å²) in [5.74, 6) is 0.145. The molecule has 0 radical (unpaired) electrons. The van der Waals surface area contributed by atoms with E-state index in [9.17, 15) is 4.39 Å². The van der Waals surface area contributed by atoms with Crippen molar-refractivity contribution in [1.82, 2.24) is 0 Å². The predicted molar refractivity (Wildman–Crippen MR) is 78.1 cm³/mol. The van der Waals surface area contributed by atoms with Crippen molar-refractivity contribution in [2.75, 3.05) is 7.11 Å². The molecule has 2 aromatic carbocycles. The SMILES string of the molecule is COc1ccc(C(N)c2cccc(I)c2)c(F)c1. The molecule has 4 heteroatoms. The van der Waals surface area contributed by atoms with Crippen LogP contribution in [0.5, 0.6) is 5.75 Å². The van der Waals surface area contributed by atoms with Gasteiger partial charge in [0.2, 0.25) is 0 Å². The molecule has 0 saturated carbocycles. The maximum atomic E-state index is 13.9. The molecule has 2 N–H and O–H groups in total. The summed E-state index contributed by atoms with van der Waals surface area (Å²) < 4.78 is 20.0. The lowest BCUT2D eigenvalue weighted by atomic mass is 9.99. The summed E-state index contributed by atoms with van der Waals surface area (Å²) in [7, 11) is 1.51. The van der Waals surface area contributed by atoms with Crippen molar-refractivity contribution in [2.45, 2.75) is 6.04 Å². The Morgan fingerprint density at radius 2 is 2.00 bits per heavy atom. The van der Waals surface area contributed by atoms with Gasteiger partial charge in [0.25, 0.3) is 0 Å². The molecule has 1 atom stereocenters. The molecule has 0 aliphatic carbocycles. The van der Waals surface area contributed by atoms with E-state index in [1.165, 1.54) is 13.2 Å². The molecule has 0 bridgehead atoms. The van der Waals surface area contributed by atoms with Gasteiger partial charge in [-0.25, -0.2) is 4.39 Å². The minimum absolute atomic E-state index is 0.347. The van der Waals surface area contributed by atoms with Gasteiger partial charge in [-0.2, -0.15) is 0 Å². The molecule has 2 aromatic rings. The summed E-state index contributed by atoms with van der Waals surface area (Å²) >= 11 is 2.21. The quantitative estimate of drug-likeness (QED) is 0.854. The van der Waals surface area contributed by atoms with E-state index < -0.39 is 6.04 Å². The van der Waals surface area contributed by atoms with E-state index in [1.54, 1.807) is 12.1 Å². The van der Waals surface area contributed by atoms with Crippen LogP contribution in [0.2, 0.25) is 0 Å². The molecule has 18 heavy (non-hydrogen) atoms. The maximum Gasteiger partial charge on any atom is 0.132 e. The average molecular weight is 357 g/mol. The average Bonchev–Trinajstić information content (AvgIpc) is 2.37. The Morgan fingerprint density at radius 3 is 2.61 bits per heavy atom. The number of hydrogen-bond acceptors (Lipinski definition) is 2. The van der Waals surface area contributed by atoms with Gasteiger partial charge in [-0.15, -0.1) is 0 Å². The first-order chi connectivity index (χ1) is 8.61. The van der Waals surface area contributed by atoms with E-state index in [-0.39, 0.29) is 5.82 Å². The summed E-state index contributed by atoms with van der Waals surface area (Å²) in [5.41, 5.74) is 7.46. The topological polar surface area (TPSA) is 35.2 Å². The van der Waals surface area contributed by atoms with E-state index in [0.717, 1.165) is 9.13 Å². The molecule has 0 aromatic heterocycles. The van der Waals surface area contributed by atoms with Crippen LogP contribution < -0.4 is 10.5 Å². The van der Waals surface area contributed by atoms with E-state index >= 15 is 0 Å². The van der Waals surface area contributed by atoms with Gasteiger partial charge < -0.3 is 10.5 Å². The standard InChI is InChI=1S/C14H13FINO/c1-18-11-5-6-12(13(15)8-11)14(17)9-3-2-4-10(16)7-9/h2-8,14H,17H2,1H3. The van der Waals surface area contributed by atoms with Gasteiger partial charge in [-0.3, -0.25) is 0 Å². The largest absolute Gasteiger partial charge is 0.497 e. The van der Waals surface area contributed by atoms with Crippen molar-refractivity contribution in [1.29, 1.82) is 0 Å². The van der Waals surface area contributed by atoms with E-state index in [4.69, 9.17) is 10.5 Å². The molecule has 0 spiro atoms. The minimum Gasteiger partial charge on any atom is -0.497 e. The fraction of sp³-hybridized carbons (Fsp3) is 0.143. The zero-order valence-electron chi connectivity index (χ0n) is 9.86. The van der Waals surface area contributed by atoms with Crippen LogP contribution in [-0.2, 0) is 0 Å². The van der Waals surface area contributed by atoms with Crippen molar-refractivity contribution in [2.24, 2.45) is 5.73 Å². The molecule has 0 amide bonds. The zero-order chi connectivity index (χ0) is 13.1. The molecule has 94 valence electrons. The van der Waals surface area contributed by atoms with Crippen LogP contribution >= 0.6 is 22.6 Å². The van der Waals surface area contributed by atoms with Crippen LogP contribution in [-0.4, -0.2) is 7.11 Å². The Morgan fingerprint density at radius 1 is 1.22 bits per heavy atom. The molecule has 2 rings (SSSR count). The first-order valence-electron chi connectivity index (χ1n) is 5.46. The van der Waals surface area contributed by atoms with Gasteiger partial charge in [-0.1, -0.05) is 18.2 Å². The Bertz CT molecular complexity index is 559. The van der Waals surface area contributed by atoms with Crippen LogP contribution in [0, 0.1) is 9.39 Å². The van der Waals surface area contributed by atoms with Gasteiger partial charge in [0.05, 0.1) is 13.2 Å². The smallest absolute Gasteiger partial charge is 0.132 e. The second-order valence-corrected chi connectivity index (χ2v) is 5.17. The second-order valence-electron chi connectivity index (χ2n) is 3.92. The normalized spacial score (nSPS) is 12.2. The van der Waals surface area contributed by atoms with E-state index in [0.29, 0.717) is 11.3 Å². The molecule has 0 saturated heterocycles. The number of benzene rings is 2. The Labute approximate surface area is 119 Å². The van der Waals surface area contributed by atoms with Crippen LogP contribution in [0.1, 0.15) is 17.2 Å². The monoisotopic (exact) mass is 357 g/mol. The lowest BCUT2D eigenvalue weighted by Crippen LogP contribution is -2.13. The molecule has 1 unspecified atom stereocenters. The zero-order valence-corrected chi connectivity index (χ0v) is 12.0. The summed E-state index contributed by atoms with van der Waals surface area (Å²) in [6, 6.07) is 12.0. The summed E-state index contributed by atoms with van der Waals surface area (Å²) in [5, 5.41) is 0. The lowest BCUT2D eigenvalue weighted by molar-refractivity contribution is 0.410. The maximum absolute atomic E-state index is 13.9. The van der Waals surface area contributed by atoms with Gasteiger partial charge in [0, 0.05) is 15.2 Å². The third-order valence-corrected chi connectivity index (χ3v) is 3.42. The molecule has 2 nitrogen and oxygen atoms in total. The van der Waals surface area contributed by atoms with Gasteiger partial charge in [-0.05, 0) is 46.4 Å². The Hall–Kier alpha value is -1.14. The van der Waals surface area contributed by atoms with Crippen molar-refractivity contribution < 1.29 is 9.13 Å². The van der Waals surface area contributed by atoms with E-state index in [1.807, 2.05) is 24.3 Å². The number of ether oxygens (including phenoxy) is 1. The Kier molecular flexibility index (Phi) is 4.19. The van der Waals surface area contributed by atoms with Crippen molar-refractivity contribution in [3.8, 4) is 5.75 Å². The van der Waals surface area contributed by atoms with Gasteiger partial charge in [0.1, 0.15) is 11.6 Å². The lowest BCUT2D eigenvalue weighted by Gasteiger charge is -2.14. The van der Waals surface area contributed by atoms with Crippen molar-refractivity contribution >= 4 is 22.6 Å². The van der Waals surface area contributed by atoms with Gasteiger partial charge >= 0.3 is 0 Å². The molecule has 0 aliphatic heterocycles. The third-order valence-electron chi connectivity index (χ3n) is 2.75. The van der Waals surface area contributed by atoms with Crippen LogP contribution in [0.25, 0.3) is 0 Å². The molecular formula is C14H13FINO. The number of halogens is 2. The first kappa shape index (κ1) is 13.3. The van der Waals surface area contributed by atoms with Crippen molar-refractivity contribution in [3.05, 3.63) is 63.0 Å². The predicted octanol–water partition coefficient (Wildman–Crippen LogP) is 3.49. The Balaban J connectivity index is 2.37. The molecule has 0 fully saturated rings. The first-order valence-corrected chi connectivity index (χ1v) is 6.54.